The smallest absolute Gasteiger partial charge is 0.243 e. The van der Waals surface area contributed by atoms with Gasteiger partial charge in [0.1, 0.15) is 5.75 Å². The van der Waals surface area contributed by atoms with Crippen molar-refractivity contribution in [2.75, 3.05) is 26.7 Å². The lowest BCUT2D eigenvalue weighted by atomic mass is 9.98. The van der Waals surface area contributed by atoms with Crippen molar-refractivity contribution in [3.05, 3.63) is 60.2 Å². The second-order valence-corrected chi connectivity index (χ2v) is 8.99. The third-order valence-electron chi connectivity index (χ3n) is 5.11. The molecule has 2 aromatic carbocycles. The number of nitrogens with one attached hydrogen (secondary N) is 1. The van der Waals surface area contributed by atoms with Crippen LogP contribution in [0.4, 0.5) is 0 Å². The Morgan fingerprint density at radius 2 is 1.90 bits per heavy atom. The summed E-state index contributed by atoms with van der Waals surface area (Å²) in [4.78, 5) is 12.7. The highest BCUT2D eigenvalue weighted by Gasteiger charge is 2.33. The van der Waals surface area contributed by atoms with Gasteiger partial charge in [0.15, 0.2) is 0 Å². The molecule has 0 unspecified atom stereocenters. The highest BCUT2D eigenvalue weighted by atomic mass is 32.2. The van der Waals surface area contributed by atoms with Crippen molar-refractivity contribution in [1.29, 1.82) is 0 Å². The molecule has 1 aliphatic heterocycles. The lowest BCUT2D eigenvalue weighted by Crippen LogP contribution is -2.46. The number of ether oxygens (including phenoxy) is 1. The molecule has 2 N–H and O–H groups in total. The van der Waals surface area contributed by atoms with Crippen LogP contribution in [0.2, 0.25) is 0 Å². The molecule has 2 aromatic rings. The molecule has 1 saturated heterocycles. The highest BCUT2D eigenvalue weighted by molar-refractivity contribution is 7.89. The van der Waals surface area contributed by atoms with Crippen molar-refractivity contribution >= 4 is 15.9 Å². The molecule has 0 bridgehead atoms. The van der Waals surface area contributed by atoms with E-state index in [1.54, 1.807) is 24.3 Å². The molecule has 1 heterocycles. The van der Waals surface area contributed by atoms with E-state index in [0.29, 0.717) is 25.1 Å². The maximum atomic E-state index is 12.9. The van der Waals surface area contributed by atoms with Crippen LogP contribution in [0.1, 0.15) is 24.5 Å². The molecule has 1 fully saturated rings. The number of hydrogen-bond donors (Lipinski definition) is 2. The van der Waals surface area contributed by atoms with E-state index in [9.17, 15) is 18.3 Å². The number of aliphatic hydroxyl groups is 1. The summed E-state index contributed by atoms with van der Waals surface area (Å²) < 4.78 is 32.3. The number of carbonyl (C=O) groups excluding carboxylic acids is 1. The molecule has 156 valence electrons. The van der Waals surface area contributed by atoms with Crippen LogP contribution in [0.25, 0.3) is 0 Å². The second-order valence-electron chi connectivity index (χ2n) is 7.05. The molecule has 8 heteroatoms. The fourth-order valence-electron chi connectivity index (χ4n) is 3.41. The van der Waals surface area contributed by atoms with Gasteiger partial charge in [-0.15, -0.1) is 0 Å². The van der Waals surface area contributed by atoms with E-state index in [1.165, 1.54) is 23.5 Å². The van der Waals surface area contributed by atoms with Crippen LogP contribution in [0.5, 0.6) is 5.75 Å². The third-order valence-corrected chi connectivity index (χ3v) is 6.99. The van der Waals surface area contributed by atoms with Gasteiger partial charge in [0.2, 0.25) is 15.9 Å². The molecular formula is C21H26N2O5S. The van der Waals surface area contributed by atoms with Crippen LogP contribution in [0.15, 0.2) is 59.5 Å². The van der Waals surface area contributed by atoms with Gasteiger partial charge in [0.05, 0.1) is 24.0 Å². The molecule has 0 spiro atoms. The predicted molar refractivity (Wildman–Crippen MR) is 109 cm³/mol. The van der Waals surface area contributed by atoms with Gasteiger partial charge in [0.25, 0.3) is 0 Å². The fraction of sp³-hybridized carbons (Fsp3) is 0.381. The Bertz CT molecular complexity index is 916. The number of nitrogens with zero attached hydrogens (tertiary/aromatic N) is 1. The zero-order valence-electron chi connectivity index (χ0n) is 16.3. The minimum atomic E-state index is -3.68. The SMILES string of the molecule is COc1ccc(S(=O)(=O)N2CCC[C@@H](C(=O)NC[C@H](O)c3ccccc3)C2)cc1. The Kier molecular flexibility index (Phi) is 6.89. The van der Waals surface area contributed by atoms with Crippen molar-refractivity contribution in [3.8, 4) is 5.75 Å². The van der Waals surface area contributed by atoms with Crippen LogP contribution in [0, 0.1) is 5.92 Å². The number of aliphatic hydroxyl groups excluding tert-OH is 1. The van der Waals surface area contributed by atoms with Crippen molar-refractivity contribution < 1.29 is 23.1 Å². The van der Waals surface area contributed by atoms with E-state index in [1.807, 2.05) is 18.2 Å². The van der Waals surface area contributed by atoms with E-state index >= 15 is 0 Å². The van der Waals surface area contributed by atoms with Crippen molar-refractivity contribution in [2.45, 2.75) is 23.8 Å². The first-order chi connectivity index (χ1) is 13.9. The van der Waals surface area contributed by atoms with Gasteiger partial charge in [-0.2, -0.15) is 4.31 Å². The van der Waals surface area contributed by atoms with Crippen molar-refractivity contribution in [1.82, 2.24) is 9.62 Å². The first-order valence-electron chi connectivity index (χ1n) is 9.56. The lowest BCUT2D eigenvalue weighted by molar-refractivity contribution is -0.126. The Labute approximate surface area is 171 Å². The monoisotopic (exact) mass is 418 g/mol. The van der Waals surface area contributed by atoms with Crippen molar-refractivity contribution in [2.24, 2.45) is 5.92 Å². The zero-order chi connectivity index (χ0) is 20.9. The van der Waals surface area contributed by atoms with Gasteiger partial charge in [-0.25, -0.2) is 8.42 Å². The number of amides is 1. The molecule has 1 aliphatic rings. The van der Waals surface area contributed by atoms with Gasteiger partial charge in [0, 0.05) is 19.6 Å². The molecule has 1 amide bonds. The average molecular weight is 419 g/mol. The quantitative estimate of drug-likeness (QED) is 0.717. The summed E-state index contributed by atoms with van der Waals surface area (Å²) in [7, 11) is -2.16. The summed E-state index contributed by atoms with van der Waals surface area (Å²) in [5.41, 5.74) is 0.722. The summed E-state index contributed by atoms with van der Waals surface area (Å²) >= 11 is 0. The minimum Gasteiger partial charge on any atom is -0.497 e. The summed E-state index contributed by atoms with van der Waals surface area (Å²) in [5, 5.41) is 13.0. The number of hydrogen-bond acceptors (Lipinski definition) is 5. The first kappa shape index (κ1) is 21.3. The molecular weight excluding hydrogens is 392 g/mol. The number of rotatable bonds is 7. The van der Waals surface area contributed by atoms with Gasteiger partial charge in [-0.1, -0.05) is 30.3 Å². The minimum absolute atomic E-state index is 0.0879. The normalized spacial score (nSPS) is 18.8. The van der Waals surface area contributed by atoms with Gasteiger partial charge in [-0.05, 0) is 42.7 Å². The standard InChI is InChI=1S/C21H26N2O5S/c1-28-18-9-11-19(12-10-18)29(26,27)23-13-5-8-17(15-23)21(25)22-14-20(24)16-6-3-2-4-7-16/h2-4,6-7,9-12,17,20,24H,5,8,13-15H2,1H3,(H,22,25)/t17-,20+/m1/s1. The number of piperidine rings is 1. The van der Waals surface area contributed by atoms with Crippen LogP contribution in [-0.4, -0.2) is 50.5 Å². The van der Waals surface area contributed by atoms with E-state index in [-0.39, 0.29) is 23.9 Å². The summed E-state index contributed by atoms with van der Waals surface area (Å²) in [6.45, 7) is 0.594. The maximum absolute atomic E-state index is 12.9. The lowest BCUT2D eigenvalue weighted by Gasteiger charge is -2.31. The summed E-state index contributed by atoms with van der Waals surface area (Å²) in [5.74, 6) is -0.105. The second kappa shape index (κ2) is 9.39. The number of methoxy groups -OCH3 is 1. The number of benzene rings is 2. The van der Waals surface area contributed by atoms with E-state index in [0.717, 1.165) is 5.56 Å². The van der Waals surface area contributed by atoms with E-state index < -0.39 is 22.0 Å². The predicted octanol–water partition coefficient (Wildman–Crippen LogP) is 1.95. The van der Waals surface area contributed by atoms with Gasteiger partial charge >= 0.3 is 0 Å². The Morgan fingerprint density at radius 1 is 1.21 bits per heavy atom. The first-order valence-corrected chi connectivity index (χ1v) is 11.0. The topological polar surface area (TPSA) is 95.9 Å². The van der Waals surface area contributed by atoms with E-state index in [2.05, 4.69) is 5.32 Å². The molecule has 0 aliphatic carbocycles. The Morgan fingerprint density at radius 3 is 2.55 bits per heavy atom. The maximum Gasteiger partial charge on any atom is 0.243 e. The molecule has 0 saturated carbocycles. The van der Waals surface area contributed by atoms with Crippen LogP contribution >= 0.6 is 0 Å². The highest BCUT2D eigenvalue weighted by Crippen LogP contribution is 2.25. The Hall–Kier alpha value is -2.42. The molecule has 2 atom stereocenters. The van der Waals surface area contributed by atoms with Crippen LogP contribution in [0.3, 0.4) is 0 Å². The molecule has 0 aromatic heterocycles. The summed E-state index contributed by atoms with van der Waals surface area (Å²) in [6.07, 6.45) is 0.416. The zero-order valence-corrected chi connectivity index (χ0v) is 17.1. The molecule has 7 nitrogen and oxygen atoms in total. The largest absolute Gasteiger partial charge is 0.497 e. The van der Waals surface area contributed by atoms with Gasteiger partial charge < -0.3 is 15.2 Å². The van der Waals surface area contributed by atoms with Crippen molar-refractivity contribution in [3.63, 3.8) is 0 Å². The van der Waals surface area contributed by atoms with Crippen LogP contribution in [-0.2, 0) is 14.8 Å². The molecule has 29 heavy (non-hydrogen) atoms. The fourth-order valence-corrected chi connectivity index (χ4v) is 4.93. The number of sulfonamides is 1. The molecule has 0 radical (unpaired) electrons. The molecule has 3 rings (SSSR count). The average Bonchev–Trinajstić information content (AvgIpc) is 2.78. The van der Waals surface area contributed by atoms with E-state index in [4.69, 9.17) is 4.74 Å². The van der Waals surface area contributed by atoms with Crippen LogP contribution < -0.4 is 10.1 Å². The third kappa shape index (κ3) is 5.14. The number of carbonyl (C=O) groups is 1. The van der Waals surface area contributed by atoms with Gasteiger partial charge in [-0.3, -0.25) is 4.79 Å². The summed E-state index contributed by atoms with van der Waals surface area (Å²) in [6, 6.07) is 15.3. The Balaban J connectivity index is 1.61.